The van der Waals surface area contributed by atoms with Gasteiger partial charge in [0, 0.05) is 0 Å². The van der Waals surface area contributed by atoms with Gasteiger partial charge in [-0.25, -0.2) is 4.79 Å². The lowest BCUT2D eigenvalue weighted by molar-refractivity contribution is 0.0692. The predicted molar refractivity (Wildman–Crippen MR) is 202 cm³/mol. The van der Waals surface area contributed by atoms with Crippen molar-refractivity contribution in [3.05, 3.63) is 29.3 Å². The van der Waals surface area contributed by atoms with Gasteiger partial charge in [-0.15, -0.1) is 0 Å². The Hall–Kier alpha value is -1.51. The van der Waals surface area contributed by atoms with Gasteiger partial charge in [-0.3, -0.25) is 0 Å². The van der Waals surface area contributed by atoms with Gasteiger partial charge in [0.25, 0.3) is 0 Å². The number of carboxylic acids is 1. The molecule has 0 spiro atoms. The molecule has 3 heteroatoms. The fraction of sp³-hybridized carbons (Fsp3) is 0.837. The highest BCUT2D eigenvalue weighted by molar-refractivity contribution is 5.91. The van der Waals surface area contributed by atoms with E-state index in [0.29, 0.717) is 17.9 Å². The third-order valence-corrected chi connectivity index (χ3v) is 9.87. The first-order valence-corrected chi connectivity index (χ1v) is 20.7. The third-order valence-electron chi connectivity index (χ3n) is 9.87. The van der Waals surface area contributed by atoms with Crippen LogP contribution in [0.4, 0.5) is 0 Å². The maximum atomic E-state index is 11.9. The molecular formula is C43H78O3. The molecule has 0 heterocycles. The zero-order valence-corrected chi connectivity index (χ0v) is 31.0. The Labute approximate surface area is 287 Å². The third kappa shape index (κ3) is 25.6. The lowest BCUT2D eigenvalue weighted by Crippen LogP contribution is -2.07. The number of unbranched alkanes of at least 4 members (excludes halogenated alkanes) is 30. The molecule has 3 nitrogen and oxygen atoms in total. The molecule has 1 aromatic carbocycles. The minimum absolute atomic E-state index is 0.325. The number of benzene rings is 1. The van der Waals surface area contributed by atoms with Crippen LogP contribution in [0.5, 0.6) is 5.75 Å². The van der Waals surface area contributed by atoms with Gasteiger partial charge in [0.1, 0.15) is 11.3 Å². The van der Waals surface area contributed by atoms with Crippen molar-refractivity contribution < 1.29 is 14.6 Å². The number of carboxylic acid groups (broad SMARTS) is 1. The number of para-hydroxylation sites is 1. The Morgan fingerprint density at radius 2 is 0.804 bits per heavy atom. The van der Waals surface area contributed by atoms with Crippen LogP contribution in [0.15, 0.2) is 18.2 Å². The molecule has 0 aliphatic heterocycles. The fourth-order valence-electron chi connectivity index (χ4n) is 6.81. The number of aryl methyl sites for hydroxylation is 1. The van der Waals surface area contributed by atoms with Crippen molar-refractivity contribution in [3.63, 3.8) is 0 Å². The van der Waals surface area contributed by atoms with Gasteiger partial charge in [0.2, 0.25) is 0 Å². The van der Waals surface area contributed by atoms with E-state index < -0.39 is 5.97 Å². The molecule has 0 saturated heterocycles. The molecule has 0 aromatic heterocycles. The maximum absolute atomic E-state index is 11.9. The lowest BCUT2D eigenvalue weighted by atomic mass is 10.0. The van der Waals surface area contributed by atoms with E-state index in [-0.39, 0.29) is 0 Å². The smallest absolute Gasteiger partial charge is 0.339 e. The Morgan fingerprint density at radius 1 is 0.478 bits per heavy atom. The van der Waals surface area contributed by atoms with Crippen molar-refractivity contribution in [1.82, 2.24) is 0 Å². The molecule has 1 rings (SSSR count). The Balaban J connectivity index is 2.06. The summed E-state index contributed by atoms with van der Waals surface area (Å²) in [6.07, 6.45) is 44.4. The van der Waals surface area contributed by atoms with Crippen LogP contribution < -0.4 is 4.74 Å². The first kappa shape index (κ1) is 42.5. The summed E-state index contributed by atoms with van der Waals surface area (Å²) in [5.74, 6) is -0.257. The summed E-state index contributed by atoms with van der Waals surface area (Å²) in [5, 5.41) is 9.77. The van der Waals surface area contributed by atoms with Crippen LogP contribution in [-0.2, 0) is 6.42 Å². The molecule has 0 bridgehead atoms. The minimum Gasteiger partial charge on any atom is -0.492 e. The minimum atomic E-state index is -0.879. The van der Waals surface area contributed by atoms with Crippen LogP contribution in [0, 0.1) is 0 Å². The summed E-state index contributed by atoms with van der Waals surface area (Å²) in [6, 6.07) is 5.65. The monoisotopic (exact) mass is 643 g/mol. The van der Waals surface area contributed by atoms with Crippen LogP contribution in [-0.4, -0.2) is 17.7 Å². The average molecular weight is 643 g/mol. The Kier molecular flexibility index (Phi) is 30.9. The van der Waals surface area contributed by atoms with Crippen LogP contribution in [0.2, 0.25) is 0 Å². The van der Waals surface area contributed by atoms with E-state index in [2.05, 4.69) is 19.9 Å². The molecule has 46 heavy (non-hydrogen) atoms. The molecule has 0 amide bonds. The molecule has 0 saturated carbocycles. The second-order valence-electron chi connectivity index (χ2n) is 14.3. The van der Waals surface area contributed by atoms with Gasteiger partial charge in [0.05, 0.1) is 6.61 Å². The topological polar surface area (TPSA) is 46.5 Å². The molecule has 0 fully saturated rings. The number of aromatic carboxylic acids is 1. The number of hydrogen-bond acceptors (Lipinski definition) is 2. The van der Waals surface area contributed by atoms with Crippen molar-refractivity contribution in [2.24, 2.45) is 0 Å². The molecule has 0 atom stereocenters. The maximum Gasteiger partial charge on any atom is 0.339 e. The van der Waals surface area contributed by atoms with Crippen molar-refractivity contribution >= 4 is 5.97 Å². The van der Waals surface area contributed by atoms with Crippen LogP contribution >= 0.6 is 0 Å². The SMILES string of the molecule is CCCCCCCCCCCCCCCCCCOc1c(CCCCCCCCCCCCCCCCCC)cccc1C(=O)O. The largest absolute Gasteiger partial charge is 0.492 e. The zero-order valence-electron chi connectivity index (χ0n) is 31.0. The predicted octanol–water partition coefficient (Wildman–Crippen LogP) is 14.8. The lowest BCUT2D eigenvalue weighted by Gasteiger charge is -2.14. The highest BCUT2D eigenvalue weighted by Gasteiger charge is 2.15. The van der Waals surface area contributed by atoms with Crippen molar-refractivity contribution in [3.8, 4) is 5.75 Å². The number of carbonyl (C=O) groups is 1. The summed E-state index contributed by atoms with van der Waals surface area (Å²) in [5.41, 5.74) is 1.40. The van der Waals surface area contributed by atoms with Crippen LogP contribution in [0.3, 0.4) is 0 Å². The Bertz CT molecular complexity index is 788. The summed E-state index contributed by atoms with van der Waals surface area (Å²) in [4.78, 5) is 11.9. The van der Waals surface area contributed by atoms with E-state index in [0.717, 1.165) is 24.8 Å². The molecule has 0 aliphatic rings. The molecule has 0 unspecified atom stereocenters. The quantitative estimate of drug-likeness (QED) is 0.0741. The van der Waals surface area contributed by atoms with Crippen molar-refractivity contribution in [2.75, 3.05) is 6.61 Å². The van der Waals surface area contributed by atoms with E-state index in [1.54, 1.807) is 6.07 Å². The van der Waals surface area contributed by atoms with Crippen molar-refractivity contribution in [1.29, 1.82) is 0 Å². The number of ether oxygens (including phenoxy) is 1. The molecule has 0 radical (unpaired) electrons. The standard InChI is InChI=1S/C43H78O3/c1-3-5-7-9-11-13-15-17-19-21-23-25-27-29-31-33-36-40-37-35-38-41(43(44)45)42(40)46-39-34-32-30-28-26-24-22-20-18-16-14-12-10-8-6-4-2/h35,37-38H,3-34,36,39H2,1-2H3,(H,44,45). The van der Waals surface area contributed by atoms with Gasteiger partial charge in [-0.2, -0.15) is 0 Å². The normalized spacial score (nSPS) is 11.3. The molecule has 268 valence electrons. The van der Waals surface area contributed by atoms with Gasteiger partial charge < -0.3 is 9.84 Å². The molecule has 1 aromatic rings. The van der Waals surface area contributed by atoms with Gasteiger partial charge in [0.15, 0.2) is 0 Å². The van der Waals surface area contributed by atoms with Crippen LogP contribution in [0.1, 0.15) is 235 Å². The van der Waals surface area contributed by atoms with E-state index in [9.17, 15) is 9.90 Å². The van der Waals surface area contributed by atoms with Crippen molar-refractivity contribution in [2.45, 2.75) is 226 Å². The van der Waals surface area contributed by atoms with Gasteiger partial charge in [-0.1, -0.05) is 219 Å². The highest BCUT2D eigenvalue weighted by Crippen LogP contribution is 2.27. The second-order valence-corrected chi connectivity index (χ2v) is 14.3. The van der Waals surface area contributed by atoms with Gasteiger partial charge >= 0.3 is 5.97 Å². The molecule has 1 N–H and O–H groups in total. The van der Waals surface area contributed by atoms with E-state index in [4.69, 9.17) is 4.74 Å². The Morgan fingerprint density at radius 3 is 1.15 bits per heavy atom. The fourth-order valence-corrected chi connectivity index (χ4v) is 6.81. The summed E-state index contributed by atoms with van der Waals surface area (Å²) in [6.45, 7) is 5.20. The first-order chi connectivity index (χ1) is 22.7. The second kappa shape index (κ2) is 33.4. The van der Waals surface area contributed by atoms with Crippen LogP contribution in [0.25, 0.3) is 0 Å². The number of rotatable bonds is 36. The van der Waals surface area contributed by atoms with E-state index in [1.807, 2.05) is 6.07 Å². The van der Waals surface area contributed by atoms with E-state index >= 15 is 0 Å². The summed E-state index contributed by atoms with van der Waals surface area (Å²) >= 11 is 0. The van der Waals surface area contributed by atoms with E-state index in [1.165, 1.54) is 193 Å². The zero-order chi connectivity index (χ0) is 33.2. The summed E-state index contributed by atoms with van der Waals surface area (Å²) in [7, 11) is 0. The molecular weight excluding hydrogens is 564 g/mol. The summed E-state index contributed by atoms with van der Waals surface area (Å²) < 4.78 is 6.15. The number of hydrogen-bond donors (Lipinski definition) is 1. The molecule has 0 aliphatic carbocycles. The van der Waals surface area contributed by atoms with Gasteiger partial charge in [-0.05, 0) is 30.9 Å². The highest BCUT2D eigenvalue weighted by atomic mass is 16.5. The average Bonchev–Trinajstić information content (AvgIpc) is 3.06. The first-order valence-electron chi connectivity index (χ1n) is 20.7.